The van der Waals surface area contributed by atoms with Gasteiger partial charge in [0.1, 0.15) is 5.54 Å². The van der Waals surface area contributed by atoms with Crippen molar-refractivity contribution in [2.24, 2.45) is 5.92 Å². The number of thioether (sulfide) groups is 1. The average Bonchev–Trinajstić information content (AvgIpc) is 3.38. The molecule has 1 atom stereocenters. The van der Waals surface area contributed by atoms with Crippen LogP contribution in [0, 0.1) is 17.2 Å². The monoisotopic (exact) mass is 342 g/mol. The van der Waals surface area contributed by atoms with Crippen LogP contribution in [-0.4, -0.2) is 32.1 Å². The van der Waals surface area contributed by atoms with Crippen molar-refractivity contribution in [2.45, 2.75) is 30.5 Å². The van der Waals surface area contributed by atoms with Gasteiger partial charge in [-0.25, -0.2) is 4.68 Å². The zero-order valence-corrected chi connectivity index (χ0v) is 14.1. The summed E-state index contributed by atoms with van der Waals surface area (Å²) in [6, 6.07) is 11.7. The molecular weight excluding hydrogens is 324 g/mol. The molecule has 1 saturated carbocycles. The van der Waals surface area contributed by atoms with Crippen molar-refractivity contribution in [3.63, 3.8) is 0 Å². The molecule has 0 radical (unpaired) electrons. The maximum absolute atomic E-state index is 12.1. The highest BCUT2D eigenvalue weighted by atomic mass is 32.2. The highest BCUT2D eigenvalue weighted by molar-refractivity contribution is 7.99. The van der Waals surface area contributed by atoms with Crippen LogP contribution in [0.4, 0.5) is 0 Å². The second-order valence-corrected chi connectivity index (χ2v) is 6.91. The Balaban J connectivity index is 1.62. The minimum Gasteiger partial charge on any atom is -0.337 e. The summed E-state index contributed by atoms with van der Waals surface area (Å²) in [4.78, 5) is 12.1. The predicted molar refractivity (Wildman–Crippen MR) is 91.2 cm³/mol. The van der Waals surface area contributed by atoms with Gasteiger partial charge in [-0.05, 0) is 25.7 Å². The molecule has 24 heavy (non-hydrogen) atoms. The van der Waals surface area contributed by atoms with Crippen molar-refractivity contribution in [3.8, 4) is 17.5 Å². The molecule has 1 heterocycles. The SMILES string of the molecule is CC(C#N)(NC(=O)CSc1nnc(-c2ccccc2)n1N)C1CC1. The Labute approximate surface area is 144 Å². The molecule has 1 aliphatic carbocycles. The van der Waals surface area contributed by atoms with Crippen LogP contribution in [0.25, 0.3) is 11.4 Å². The number of nitrogens with zero attached hydrogens (tertiary/aromatic N) is 4. The van der Waals surface area contributed by atoms with E-state index < -0.39 is 5.54 Å². The fourth-order valence-electron chi connectivity index (χ4n) is 2.50. The highest BCUT2D eigenvalue weighted by Crippen LogP contribution is 2.39. The van der Waals surface area contributed by atoms with Crippen molar-refractivity contribution in [3.05, 3.63) is 30.3 Å². The van der Waals surface area contributed by atoms with Crippen LogP contribution in [0.15, 0.2) is 35.5 Å². The normalized spacial score (nSPS) is 16.2. The van der Waals surface area contributed by atoms with Gasteiger partial charge in [-0.1, -0.05) is 42.1 Å². The Kier molecular flexibility index (Phi) is 4.44. The molecule has 0 saturated heterocycles. The summed E-state index contributed by atoms with van der Waals surface area (Å²) in [7, 11) is 0. The van der Waals surface area contributed by atoms with E-state index in [9.17, 15) is 10.1 Å². The fourth-order valence-corrected chi connectivity index (χ4v) is 3.15. The number of hydrogen-bond acceptors (Lipinski definition) is 6. The molecule has 1 fully saturated rings. The fraction of sp³-hybridized carbons (Fsp3) is 0.375. The van der Waals surface area contributed by atoms with Gasteiger partial charge in [0.2, 0.25) is 11.1 Å². The number of nitriles is 1. The lowest BCUT2D eigenvalue weighted by Crippen LogP contribution is -2.47. The standard InChI is InChI=1S/C16H18N6OS/c1-16(10-17,12-7-8-12)19-13(23)9-24-15-21-20-14(22(15)18)11-5-3-2-4-6-11/h2-6,12H,7-9,18H2,1H3,(H,19,23). The van der Waals surface area contributed by atoms with Gasteiger partial charge in [0, 0.05) is 5.56 Å². The molecule has 8 heteroatoms. The third-order valence-corrected chi connectivity index (χ3v) is 5.00. The largest absolute Gasteiger partial charge is 0.337 e. The van der Waals surface area contributed by atoms with Gasteiger partial charge in [0.15, 0.2) is 5.82 Å². The van der Waals surface area contributed by atoms with Gasteiger partial charge in [0.05, 0.1) is 11.8 Å². The number of carbonyl (C=O) groups excluding carboxylic acids is 1. The topological polar surface area (TPSA) is 110 Å². The average molecular weight is 342 g/mol. The van der Waals surface area contributed by atoms with Crippen molar-refractivity contribution >= 4 is 17.7 Å². The molecule has 1 aromatic heterocycles. The Morgan fingerprint density at radius 2 is 2.17 bits per heavy atom. The molecule has 124 valence electrons. The number of aromatic nitrogens is 3. The predicted octanol–water partition coefficient (Wildman–Crippen LogP) is 1.56. The smallest absolute Gasteiger partial charge is 0.231 e. The van der Waals surface area contributed by atoms with E-state index in [0.29, 0.717) is 11.0 Å². The Hall–Kier alpha value is -2.53. The van der Waals surface area contributed by atoms with E-state index >= 15 is 0 Å². The van der Waals surface area contributed by atoms with E-state index in [4.69, 9.17) is 5.84 Å². The third-order valence-electron chi connectivity index (χ3n) is 4.05. The quantitative estimate of drug-likeness (QED) is 0.609. The van der Waals surface area contributed by atoms with E-state index in [1.165, 1.54) is 16.4 Å². The van der Waals surface area contributed by atoms with E-state index in [1.54, 1.807) is 6.92 Å². The molecule has 1 amide bonds. The molecule has 3 N–H and O–H groups in total. The van der Waals surface area contributed by atoms with Gasteiger partial charge in [-0.15, -0.1) is 10.2 Å². The number of amides is 1. The number of carbonyl (C=O) groups is 1. The first-order valence-corrected chi connectivity index (χ1v) is 8.63. The van der Waals surface area contributed by atoms with E-state index in [-0.39, 0.29) is 17.6 Å². The minimum atomic E-state index is -0.788. The summed E-state index contributed by atoms with van der Waals surface area (Å²) >= 11 is 1.20. The molecule has 2 aromatic rings. The van der Waals surface area contributed by atoms with Crippen LogP contribution in [0.1, 0.15) is 19.8 Å². The van der Waals surface area contributed by atoms with Gasteiger partial charge >= 0.3 is 0 Å². The third kappa shape index (κ3) is 3.36. The van der Waals surface area contributed by atoms with Gasteiger partial charge in [0.25, 0.3) is 0 Å². The number of nitrogen functional groups attached to an aromatic ring is 1. The Morgan fingerprint density at radius 1 is 1.46 bits per heavy atom. The molecular formula is C16H18N6OS. The molecule has 1 unspecified atom stereocenters. The van der Waals surface area contributed by atoms with Crippen LogP contribution in [0.5, 0.6) is 0 Å². The minimum absolute atomic E-state index is 0.133. The van der Waals surface area contributed by atoms with Crippen molar-refractivity contribution in [2.75, 3.05) is 11.6 Å². The summed E-state index contributed by atoms with van der Waals surface area (Å²) in [5, 5.41) is 20.7. The second-order valence-electron chi connectivity index (χ2n) is 5.97. The summed E-state index contributed by atoms with van der Waals surface area (Å²) in [5.41, 5.74) is 0.0676. The molecule has 1 aliphatic rings. The van der Waals surface area contributed by atoms with Crippen LogP contribution >= 0.6 is 11.8 Å². The van der Waals surface area contributed by atoms with E-state index in [1.807, 2.05) is 30.3 Å². The van der Waals surface area contributed by atoms with Gasteiger partial charge in [-0.2, -0.15) is 5.26 Å². The molecule has 0 aliphatic heterocycles. The van der Waals surface area contributed by atoms with Gasteiger partial charge in [-0.3, -0.25) is 4.79 Å². The van der Waals surface area contributed by atoms with Crippen LogP contribution in [-0.2, 0) is 4.79 Å². The number of benzene rings is 1. The number of nitrogens with two attached hydrogens (primary N) is 1. The second kappa shape index (κ2) is 6.53. The Morgan fingerprint density at radius 3 is 2.79 bits per heavy atom. The van der Waals surface area contributed by atoms with Gasteiger partial charge < -0.3 is 11.2 Å². The number of hydrogen-bond donors (Lipinski definition) is 2. The zero-order chi connectivity index (χ0) is 17.2. The van der Waals surface area contributed by atoms with E-state index in [2.05, 4.69) is 21.6 Å². The van der Waals surface area contributed by atoms with Crippen molar-refractivity contribution in [1.29, 1.82) is 5.26 Å². The lowest BCUT2D eigenvalue weighted by molar-refractivity contribution is -0.119. The molecule has 0 spiro atoms. The summed E-state index contributed by atoms with van der Waals surface area (Å²) in [5.74, 6) is 6.73. The van der Waals surface area contributed by atoms with Crippen LogP contribution in [0.3, 0.4) is 0 Å². The zero-order valence-electron chi connectivity index (χ0n) is 13.3. The first-order chi connectivity index (χ1) is 11.5. The lowest BCUT2D eigenvalue weighted by Gasteiger charge is -2.22. The molecule has 3 rings (SSSR count). The number of nitrogens with one attached hydrogen (secondary N) is 1. The van der Waals surface area contributed by atoms with Crippen molar-refractivity contribution in [1.82, 2.24) is 20.2 Å². The highest BCUT2D eigenvalue weighted by Gasteiger charge is 2.42. The maximum atomic E-state index is 12.1. The summed E-state index contributed by atoms with van der Waals surface area (Å²) in [6.45, 7) is 1.77. The summed E-state index contributed by atoms with van der Waals surface area (Å²) < 4.78 is 1.37. The van der Waals surface area contributed by atoms with Crippen LogP contribution < -0.4 is 11.2 Å². The Bertz CT molecular complexity index is 780. The molecule has 7 nitrogen and oxygen atoms in total. The number of rotatable bonds is 6. The van der Waals surface area contributed by atoms with Crippen LogP contribution in [0.2, 0.25) is 0 Å². The summed E-state index contributed by atoms with van der Waals surface area (Å²) in [6.07, 6.45) is 1.96. The van der Waals surface area contributed by atoms with Crippen molar-refractivity contribution < 1.29 is 4.79 Å². The lowest BCUT2D eigenvalue weighted by atomic mass is 9.98. The molecule has 0 bridgehead atoms. The first-order valence-electron chi connectivity index (χ1n) is 7.64. The first kappa shape index (κ1) is 16.3. The van der Waals surface area contributed by atoms with E-state index in [0.717, 1.165) is 18.4 Å². The maximum Gasteiger partial charge on any atom is 0.231 e. The molecule has 1 aromatic carbocycles.